The fourth-order valence-electron chi connectivity index (χ4n) is 2.17. The van der Waals surface area contributed by atoms with E-state index in [4.69, 9.17) is 0 Å². The molecule has 0 aliphatic carbocycles. The first-order chi connectivity index (χ1) is 13.5. The van der Waals surface area contributed by atoms with E-state index in [0.29, 0.717) is 0 Å². The highest BCUT2D eigenvalue weighted by Crippen LogP contribution is 2.35. The zero-order valence-electron chi connectivity index (χ0n) is 13.8. The summed E-state index contributed by atoms with van der Waals surface area (Å²) in [5.74, 6) is -28.8. The molecule has 16 heteroatoms. The van der Waals surface area contributed by atoms with Crippen molar-refractivity contribution in [3.05, 3.63) is 58.2 Å². The third-order valence-corrected chi connectivity index (χ3v) is 8.91. The third-order valence-electron chi connectivity index (χ3n) is 3.78. The molecule has 0 aliphatic heterocycles. The monoisotopic (exact) mass is 490 g/mol. The molecule has 2 rings (SSSR count). The number of hydrogen-bond donors (Lipinski definition) is 0. The van der Waals surface area contributed by atoms with Crippen LogP contribution >= 0.6 is 0 Å². The van der Waals surface area contributed by atoms with Gasteiger partial charge in [0.25, 0.3) is 0 Å². The van der Waals surface area contributed by atoms with Gasteiger partial charge >= 0.3 is 0 Å². The fourth-order valence-corrected chi connectivity index (χ4v) is 6.10. The van der Waals surface area contributed by atoms with Crippen molar-refractivity contribution in [2.75, 3.05) is 0 Å². The van der Waals surface area contributed by atoms with Gasteiger partial charge in [0, 0.05) is 0 Å². The Kier molecular flexibility index (Phi) is 5.90. The van der Waals surface area contributed by atoms with E-state index in [9.17, 15) is 60.7 Å². The molecule has 0 fully saturated rings. The van der Waals surface area contributed by atoms with Crippen LogP contribution in [-0.4, -0.2) is 21.4 Å². The molecule has 166 valence electrons. The Morgan fingerprint density at radius 3 is 0.800 bits per heavy atom. The molecule has 0 atom stereocenters. The molecule has 0 amide bonds. The van der Waals surface area contributed by atoms with Gasteiger partial charge in [-0.25, -0.2) is 60.7 Å². The first-order valence-electron chi connectivity index (χ1n) is 7.01. The Bertz CT molecular complexity index is 1130. The Morgan fingerprint density at radius 2 is 0.600 bits per heavy atom. The molecule has 4 nitrogen and oxygen atoms in total. The third kappa shape index (κ3) is 3.21. The highest BCUT2D eigenvalue weighted by atomic mass is 32.3. The quantitative estimate of drug-likeness (QED) is 0.284. The normalized spacial score (nSPS) is 12.7. The van der Waals surface area contributed by atoms with E-state index in [2.05, 4.69) is 0 Å². The van der Waals surface area contributed by atoms with Crippen LogP contribution in [0.5, 0.6) is 0 Å². The summed E-state index contributed by atoms with van der Waals surface area (Å²) in [6.45, 7) is -0.0409. The Balaban J connectivity index is 2.87. The Hall–Kier alpha value is -2.36. The second kappa shape index (κ2) is 7.40. The number of hydrogen-bond acceptors (Lipinski definition) is 4. The summed E-state index contributed by atoms with van der Waals surface area (Å²) in [6, 6.07) is 0. The van der Waals surface area contributed by atoms with E-state index >= 15 is 0 Å². The molecule has 0 saturated heterocycles. The second-order valence-corrected chi connectivity index (χ2v) is 10.2. The van der Waals surface area contributed by atoms with Crippen molar-refractivity contribution in [2.45, 2.75) is 21.3 Å². The minimum Gasteiger partial charge on any atom is -0.222 e. The second-order valence-electron chi connectivity index (χ2n) is 5.46. The van der Waals surface area contributed by atoms with Gasteiger partial charge in [0.1, 0.15) is 9.79 Å². The molecule has 0 radical (unpaired) electrons. The van der Waals surface area contributed by atoms with Crippen molar-refractivity contribution in [1.29, 1.82) is 0 Å². The predicted octanol–water partition coefficient (Wildman–Crippen LogP) is 3.67. The van der Waals surface area contributed by atoms with Crippen molar-refractivity contribution in [3.8, 4) is 0 Å². The van der Waals surface area contributed by atoms with E-state index < -0.39 is 92.2 Å². The minimum atomic E-state index is -6.19. The fraction of sp³-hybridized carbons (Fsp3) is 0.143. The average molecular weight is 490 g/mol. The summed E-state index contributed by atoms with van der Waals surface area (Å²) < 4.78 is 180. The van der Waals surface area contributed by atoms with Crippen molar-refractivity contribution in [3.63, 3.8) is 0 Å². The minimum absolute atomic E-state index is 0.0409. The van der Waals surface area contributed by atoms with Crippen LogP contribution in [0.3, 0.4) is 0 Å². The van der Waals surface area contributed by atoms with Crippen molar-refractivity contribution < 1.29 is 60.7 Å². The number of benzene rings is 2. The van der Waals surface area contributed by atoms with Crippen LogP contribution in [0, 0.1) is 58.2 Å². The highest BCUT2D eigenvalue weighted by molar-refractivity contribution is 8.09. The van der Waals surface area contributed by atoms with Gasteiger partial charge in [-0.1, -0.05) is 0 Å². The van der Waals surface area contributed by atoms with Gasteiger partial charge in [0.2, 0.25) is 31.3 Å². The summed E-state index contributed by atoms with van der Waals surface area (Å²) in [5.41, 5.74) is 0. The molecule has 30 heavy (non-hydrogen) atoms. The summed E-state index contributed by atoms with van der Waals surface area (Å²) in [7, 11) is -12.4. The maximum absolute atomic E-state index is 13.8. The number of rotatable bonds is 4. The first-order valence-corrected chi connectivity index (χ1v) is 10.1. The molecular formula is C14H4F10O4S2. The van der Waals surface area contributed by atoms with Gasteiger partial charge in [0.15, 0.2) is 51.1 Å². The number of sulfone groups is 2. The summed E-state index contributed by atoms with van der Waals surface area (Å²) >= 11 is 0. The molecule has 0 bridgehead atoms. The van der Waals surface area contributed by atoms with E-state index in [1.54, 1.807) is 0 Å². The summed E-state index contributed by atoms with van der Waals surface area (Å²) in [5, 5.41) is 0. The average Bonchev–Trinajstić information content (AvgIpc) is 2.66. The van der Waals surface area contributed by atoms with Gasteiger partial charge in [-0.15, -0.1) is 0 Å². The number of halogens is 10. The summed E-state index contributed by atoms with van der Waals surface area (Å²) in [4.78, 5) is -5.36. The molecule has 0 saturated carbocycles. The van der Waals surface area contributed by atoms with Crippen LogP contribution in [0.1, 0.15) is 6.92 Å². The van der Waals surface area contributed by atoms with Gasteiger partial charge in [-0.05, 0) is 6.92 Å². The van der Waals surface area contributed by atoms with Crippen molar-refractivity contribution in [2.24, 2.45) is 0 Å². The standard InChI is InChI=1S/C14H4F10O4S2/c1-2(29(25,26)13-9(21)5(17)3(15)6(18)10(13)22)30(27,28)14-11(23)7(19)4(16)8(20)12(14)24/h2H,1H3. The maximum Gasteiger partial charge on any atom is 0.201 e. The highest BCUT2D eigenvalue weighted by Gasteiger charge is 2.46. The van der Waals surface area contributed by atoms with Gasteiger partial charge in [-0.2, -0.15) is 0 Å². The lowest BCUT2D eigenvalue weighted by molar-refractivity contribution is 0.356. The van der Waals surface area contributed by atoms with Crippen LogP contribution in [0.4, 0.5) is 43.9 Å². The molecule has 0 heterocycles. The molecular weight excluding hydrogens is 486 g/mol. The molecule has 0 aromatic heterocycles. The van der Waals surface area contributed by atoms with Crippen molar-refractivity contribution in [1.82, 2.24) is 0 Å². The first kappa shape index (κ1) is 23.9. The lowest BCUT2D eigenvalue weighted by atomic mass is 10.3. The zero-order chi connectivity index (χ0) is 23.5. The van der Waals surface area contributed by atoms with Gasteiger partial charge in [0.05, 0.1) is 0 Å². The topological polar surface area (TPSA) is 68.3 Å². The molecule has 0 unspecified atom stereocenters. The van der Waals surface area contributed by atoms with E-state index in [0.717, 1.165) is 0 Å². The van der Waals surface area contributed by atoms with E-state index in [1.807, 2.05) is 0 Å². The van der Waals surface area contributed by atoms with E-state index in [-0.39, 0.29) is 6.92 Å². The SMILES string of the molecule is CC(S(=O)(=O)c1c(F)c(F)c(F)c(F)c1F)S(=O)(=O)c1c(F)c(F)c(F)c(F)c1F. The molecule has 2 aromatic carbocycles. The van der Waals surface area contributed by atoms with Gasteiger partial charge in [-0.3, -0.25) is 0 Å². The largest absolute Gasteiger partial charge is 0.222 e. The lowest BCUT2D eigenvalue weighted by Crippen LogP contribution is -2.31. The van der Waals surface area contributed by atoms with Crippen LogP contribution in [0.25, 0.3) is 0 Å². The van der Waals surface area contributed by atoms with Crippen LogP contribution in [0.2, 0.25) is 0 Å². The molecule has 0 N–H and O–H groups in total. The van der Waals surface area contributed by atoms with Gasteiger partial charge < -0.3 is 0 Å². The zero-order valence-corrected chi connectivity index (χ0v) is 15.4. The van der Waals surface area contributed by atoms with E-state index in [1.165, 1.54) is 0 Å². The smallest absolute Gasteiger partial charge is 0.201 e. The predicted molar refractivity (Wildman–Crippen MR) is 76.3 cm³/mol. The molecule has 2 aromatic rings. The van der Waals surface area contributed by atoms with Crippen LogP contribution in [0.15, 0.2) is 9.79 Å². The van der Waals surface area contributed by atoms with Crippen molar-refractivity contribution >= 4 is 19.7 Å². The van der Waals surface area contributed by atoms with Crippen LogP contribution < -0.4 is 0 Å². The Morgan fingerprint density at radius 1 is 0.433 bits per heavy atom. The Labute approximate surface area is 160 Å². The molecule has 0 spiro atoms. The van der Waals surface area contributed by atoms with Crippen LogP contribution in [-0.2, 0) is 19.7 Å². The lowest BCUT2D eigenvalue weighted by Gasteiger charge is -2.17. The maximum atomic E-state index is 13.8. The molecule has 0 aliphatic rings. The summed E-state index contributed by atoms with van der Waals surface area (Å²) in [6.07, 6.45) is 0.